The van der Waals surface area contributed by atoms with Gasteiger partial charge >= 0.3 is 0 Å². The first-order valence-corrected chi connectivity index (χ1v) is 3.94. The zero-order valence-electron chi connectivity index (χ0n) is 6.32. The van der Waals surface area contributed by atoms with Crippen LogP contribution in [0.2, 0.25) is 0 Å². The van der Waals surface area contributed by atoms with Crippen molar-refractivity contribution in [2.24, 2.45) is 0 Å². The van der Waals surface area contributed by atoms with Gasteiger partial charge < -0.3 is 0 Å². The van der Waals surface area contributed by atoms with Crippen molar-refractivity contribution in [1.82, 2.24) is 0 Å². The van der Waals surface area contributed by atoms with E-state index in [4.69, 9.17) is 0 Å². The van der Waals surface area contributed by atoms with Crippen molar-refractivity contribution in [3.63, 3.8) is 0 Å². The summed E-state index contributed by atoms with van der Waals surface area (Å²) in [7, 11) is 0. The molecule has 0 aromatic carbocycles. The molecule has 0 saturated carbocycles. The second kappa shape index (κ2) is 6.33. The smallest absolute Gasteiger partial charge is 0.0671 e. The summed E-state index contributed by atoms with van der Waals surface area (Å²) in [5, 5.41) is 2.88. The Morgan fingerprint density at radius 2 is 2.30 bits per heavy atom. The minimum absolute atomic E-state index is 0.788. The molecular formula is C9H10S. The highest BCUT2D eigenvalue weighted by Crippen LogP contribution is 1.94. The van der Waals surface area contributed by atoms with Crippen LogP contribution in [-0.4, -0.2) is 5.75 Å². The predicted molar refractivity (Wildman–Crippen MR) is 48.5 cm³/mol. The van der Waals surface area contributed by atoms with Crippen LogP contribution >= 0.6 is 11.8 Å². The number of thioether (sulfide) groups is 1. The average Bonchev–Trinajstić information content (AvgIpc) is 1.87. The van der Waals surface area contributed by atoms with E-state index in [1.807, 2.05) is 13.8 Å². The Morgan fingerprint density at radius 3 is 2.80 bits per heavy atom. The third kappa shape index (κ3) is 7.21. The van der Waals surface area contributed by atoms with Crippen LogP contribution in [0, 0.1) is 23.0 Å². The normalized spacial score (nSPS) is 6.60. The monoisotopic (exact) mass is 150 g/mol. The molecule has 0 saturated heterocycles. The molecule has 0 aliphatic rings. The maximum atomic E-state index is 3.65. The van der Waals surface area contributed by atoms with Crippen molar-refractivity contribution >= 4 is 11.8 Å². The van der Waals surface area contributed by atoms with Crippen molar-refractivity contribution in [3.05, 3.63) is 12.2 Å². The van der Waals surface area contributed by atoms with E-state index in [0.29, 0.717) is 0 Å². The minimum atomic E-state index is 0.788. The Labute approximate surface area is 67.1 Å². The third-order valence-corrected chi connectivity index (χ3v) is 1.19. The third-order valence-electron chi connectivity index (χ3n) is 0.658. The van der Waals surface area contributed by atoms with E-state index in [0.717, 1.165) is 11.3 Å². The number of rotatable bonds is 1. The topological polar surface area (TPSA) is 0 Å². The van der Waals surface area contributed by atoms with Gasteiger partial charge in [-0.2, -0.15) is 0 Å². The predicted octanol–water partition coefficient (Wildman–Crippen LogP) is 2.28. The molecular weight excluding hydrogens is 140 g/mol. The number of allylic oxidation sites excluding steroid dienone is 1. The highest BCUT2D eigenvalue weighted by molar-refractivity contribution is 8.04. The van der Waals surface area contributed by atoms with Crippen molar-refractivity contribution in [2.45, 2.75) is 13.8 Å². The standard InChI is InChI=1S/C9H10S/c1-4-5-7-10-8-6-9(2)3/h2,7H2,1,3H3. The molecule has 0 fully saturated rings. The molecule has 0 spiro atoms. The summed E-state index contributed by atoms with van der Waals surface area (Å²) in [6.45, 7) is 7.36. The fourth-order valence-electron chi connectivity index (χ4n) is 0.268. The summed E-state index contributed by atoms with van der Waals surface area (Å²) in [5.41, 5.74) is 0.900. The van der Waals surface area contributed by atoms with Gasteiger partial charge in [0.2, 0.25) is 0 Å². The van der Waals surface area contributed by atoms with Crippen LogP contribution in [0.1, 0.15) is 13.8 Å². The molecule has 0 aromatic heterocycles. The van der Waals surface area contributed by atoms with Crippen LogP contribution in [0.5, 0.6) is 0 Å². The summed E-state index contributed by atoms with van der Waals surface area (Å²) < 4.78 is 0. The number of hydrogen-bond acceptors (Lipinski definition) is 1. The lowest BCUT2D eigenvalue weighted by Gasteiger charge is -1.78. The molecule has 0 aliphatic carbocycles. The molecule has 0 N–H and O–H groups in total. The van der Waals surface area contributed by atoms with Gasteiger partial charge in [0.15, 0.2) is 0 Å². The summed E-state index contributed by atoms with van der Waals surface area (Å²) in [5.74, 6) is 9.34. The van der Waals surface area contributed by atoms with E-state index < -0.39 is 0 Å². The van der Waals surface area contributed by atoms with Gasteiger partial charge in [0.1, 0.15) is 0 Å². The zero-order chi connectivity index (χ0) is 7.82. The Kier molecular flexibility index (Phi) is 5.83. The molecule has 0 radical (unpaired) electrons. The SMILES string of the molecule is C=C(C)C#CSCC#CC. The van der Waals surface area contributed by atoms with Crippen molar-refractivity contribution in [2.75, 3.05) is 5.75 Å². The lowest BCUT2D eigenvalue weighted by Crippen LogP contribution is -1.65. The van der Waals surface area contributed by atoms with Gasteiger partial charge in [-0.25, -0.2) is 0 Å². The Hall–Kier alpha value is -0.790. The van der Waals surface area contributed by atoms with Gasteiger partial charge in [0.05, 0.1) is 5.75 Å². The van der Waals surface area contributed by atoms with E-state index in [1.54, 1.807) is 0 Å². The maximum absolute atomic E-state index is 3.65. The summed E-state index contributed by atoms with van der Waals surface area (Å²) in [6.07, 6.45) is 0. The Bertz CT molecular complexity index is 217. The Balaban J connectivity index is 3.44. The van der Waals surface area contributed by atoms with Gasteiger partial charge in [-0.15, -0.1) is 5.92 Å². The molecule has 0 bridgehead atoms. The Morgan fingerprint density at radius 1 is 1.60 bits per heavy atom. The molecule has 0 atom stereocenters. The quantitative estimate of drug-likeness (QED) is 0.408. The zero-order valence-corrected chi connectivity index (χ0v) is 7.14. The molecule has 0 amide bonds. The van der Waals surface area contributed by atoms with Gasteiger partial charge in [-0.3, -0.25) is 0 Å². The average molecular weight is 150 g/mol. The molecule has 0 rings (SSSR count). The van der Waals surface area contributed by atoms with E-state index in [1.165, 1.54) is 11.8 Å². The van der Waals surface area contributed by atoms with E-state index in [2.05, 4.69) is 29.6 Å². The van der Waals surface area contributed by atoms with Crippen LogP contribution in [0.15, 0.2) is 12.2 Å². The number of hydrogen-bond donors (Lipinski definition) is 0. The molecule has 10 heavy (non-hydrogen) atoms. The van der Waals surface area contributed by atoms with Crippen molar-refractivity contribution in [3.8, 4) is 23.0 Å². The van der Waals surface area contributed by atoms with E-state index in [-0.39, 0.29) is 0 Å². The van der Waals surface area contributed by atoms with Gasteiger partial charge in [-0.05, 0) is 24.7 Å². The highest BCUT2D eigenvalue weighted by Gasteiger charge is 1.73. The summed E-state index contributed by atoms with van der Waals surface area (Å²) >= 11 is 1.51. The second-order valence-electron chi connectivity index (χ2n) is 1.72. The molecule has 0 heterocycles. The van der Waals surface area contributed by atoms with Crippen LogP contribution in [0.25, 0.3) is 0 Å². The molecule has 1 heteroatoms. The lowest BCUT2D eigenvalue weighted by atomic mass is 10.4. The van der Waals surface area contributed by atoms with E-state index in [9.17, 15) is 0 Å². The molecule has 0 unspecified atom stereocenters. The van der Waals surface area contributed by atoms with Crippen molar-refractivity contribution < 1.29 is 0 Å². The second-order valence-corrected chi connectivity index (χ2v) is 2.50. The summed E-state index contributed by atoms with van der Waals surface area (Å²) in [6, 6.07) is 0. The molecule has 0 aromatic rings. The fourth-order valence-corrected chi connectivity index (χ4v) is 0.803. The van der Waals surface area contributed by atoms with Crippen LogP contribution in [0.4, 0.5) is 0 Å². The van der Waals surface area contributed by atoms with Crippen LogP contribution in [0.3, 0.4) is 0 Å². The molecule has 52 valence electrons. The maximum Gasteiger partial charge on any atom is 0.0671 e. The fraction of sp³-hybridized carbons (Fsp3) is 0.333. The van der Waals surface area contributed by atoms with E-state index >= 15 is 0 Å². The van der Waals surface area contributed by atoms with Crippen molar-refractivity contribution in [1.29, 1.82) is 0 Å². The van der Waals surface area contributed by atoms with Gasteiger partial charge in [0, 0.05) is 0 Å². The first-order chi connectivity index (χ1) is 4.77. The van der Waals surface area contributed by atoms with Gasteiger partial charge in [0.25, 0.3) is 0 Å². The lowest BCUT2D eigenvalue weighted by molar-refractivity contribution is 1.63. The molecule has 0 nitrogen and oxygen atoms in total. The van der Waals surface area contributed by atoms with Crippen LogP contribution in [-0.2, 0) is 0 Å². The van der Waals surface area contributed by atoms with Gasteiger partial charge in [-0.1, -0.05) is 30.2 Å². The molecule has 0 aliphatic heterocycles. The first-order valence-electron chi connectivity index (χ1n) is 2.95. The largest absolute Gasteiger partial charge is 0.106 e. The summed E-state index contributed by atoms with van der Waals surface area (Å²) in [4.78, 5) is 0. The van der Waals surface area contributed by atoms with Crippen LogP contribution < -0.4 is 0 Å². The highest BCUT2D eigenvalue weighted by atomic mass is 32.2. The first kappa shape index (κ1) is 9.21. The minimum Gasteiger partial charge on any atom is -0.106 e.